The second kappa shape index (κ2) is 6.05. The Morgan fingerprint density at radius 2 is 2.38 bits per heavy atom. The molecule has 3 rings (SSSR count). The van der Waals surface area contributed by atoms with Crippen LogP contribution in [0.2, 0.25) is 0 Å². The van der Waals surface area contributed by atoms with Crippen LogP contribution in [0, 0.1) is 0 Å². The molecule has 0 bridgehead atoms. The van der Waals surface area contributed by atoms with Crippen molar-refractivity contribution in [3.05, 3.63) is 47.5 Å². The zero-order valence-electron chi connectivity index (χ0n) is 11.7. The van der Waals surface area contributed by atoms with Crippen molar-refractivity contribution in [3.8, 4) is 0 Å². The number of aromatic amines is 1. The molecule has 1 aromatic carbocycles. The normalized spacial score (nSPS) is 19.5. The number of carboxylic acids is 1. The number of nitrogens with zero attached hydrogens (tertiary/aromatic N) is 3. The van der Waals surface area contributed by atoms with Gasteiger partial charge in [-0.2, -0.15) is 5.10 Å². The van der Waals surface area contributed by atoms with Crippen LogP contribution in [0.25, 0.3) is 0 Å². The van der Waals surface area contributed by atoms with Crippen molar-refractivity contribution in [2.24, 2.45) is 0 Å². The van der Waals surface area contributed by atoms with Gasteiger partial charge < -0.3 is 5.11 Å². The Kier molecular flexibility index (Phi) is 3.96. The SMILES string of the molecule is O=C(O)c1cccc(CN2CCC[C@@H](c3ncn[nH]3)C2)c1. The number of aromatic carboxylic acids is 1. The number of hydrogen-bond acceptors (Lipinski definition) is 4. The number of likely N-dealkylation sites (tertiary alicyclic amines) is 1. The number of carboxylic acid groups (broad SMARTS) is 1. The van der Waals surface area contributed by atoms with E-state index in [4.69, 9.17) is 5.11 Å². The number of piperidine rings is 1. The molecule has 6 nitrogen and oxygen atoms in total. The fourth-order valence-electron chi connectivity index (χ4n) is 2.89. The van der Waals surface area contributed by atoms with Gasteiger partial charge >= 0.3 is 5.97 Å². The monoisotopic (exact) mass is 286 g/mol. The first-order valence-electron chi connectivity index (χ1n) is 7.12. The van der Waals surface area contributed by atoms with E-state index < -0.39 is 5.97 Å². The van der Waals surface area contributed by atoms with Crippen LogP contribution in [0.3, 0.4) is 0 Å². The molecule has 0 radical (unpaired) electrons. The molecule has 1 fully saturated rings. The third-order valence-electron chi connectivity index (χ3n) is 3.91. The summed E-state index contributed by atoms with van der Waals surface area (Å²) >= 11 is 0. The van der Waals surface area contributed by atoms with Crippen LogP contribution in [0.4, 0.5) is 0 Å². The summed E-state index contributed by atoms with van der Waals surface area (Å²) < 4.78 is 0. The summed E-state index contributed by atoms with van der Waals surface area (Å²) in [6.07, 6.45) is 3.77. The maximum absolute atomic E-state index is 11.0. The minimum absolute atomic E-state index is 0.344. The van der Waals surface area contributed by atoms with E-state index in [0.717, 1.165) is 43.9 Å². The molecule has 0 unspecified atom stereocenters. The van der Waals surface area contributed by atoms with Crippen LogP contribution in [-0.4, -0.2) is 44.2 Å². The lowest BCUT2D eigenvalue weighted by Gasteiger charge is -2.31. The first-order chi connectivity index (χ1) is 10.2. The van der Waals surface area contributed by atoms with Gasteiger partial charge in [-0.05, 0) is 37.1 Å². The van der Waals surface area contributed by atoms with Gasteiger partial charge in [0.15, 0.2) is 0 Å². The van der Waals surface area contributed by atoms with E-state index >= 15 is 0 Å². The zero-order chi connectivity index (χ0) is 14.7. The van der Waals surface area contributed by atoms with Gasteiger partial charge in [0.25, 0.3) is 0 Å². The third-order valence-corrected chi connectivity index (χ3v) is 3.91. The molecule has 0 aliphatic carbocycles. The second-order valence-electron chi connectivity index (χ2n) is 5.45. The first-order valence-corrected chi connectivity index (χ1v) is 7.12. The fraction of sp³-hybridized carbons (Fsp3) is 0.400. The topological polar surface area (TPSA) is 82.1 Å². The predicted octanol–water partition coefficient (Wildman–Crippen LogP) is 1.88. The molecule has 110 valence electrons. The van der Waals surface area contributed by atoms with Crippen LogP contribution in [0.1, 0.15) is 40.5 Å². The molecule has 2 aromatic rings. The molecule has 2 heterocycles. The van der Waals surface area contributed by atoms with Gasteiger partial charge in [0, 0.05) is 19.0 Å². The van der Waals surface area contributed by atoms with E-state index in [9.17, 15) is 4.79 Å². The minimum Gasteiger partial charge on any atom is -0.478 e. The molecule has 0 amide bonds. The van der Waals surface area contributed by atoms with E-state index in [1.54, 1.807) is 24.5 Å². The zero-order valence-corrected chi connectivity index (χ0v) is 11.7. The molecule has 0 spiro atoms. The van der Waals surface area contributed by atoms with Gasteiger partial charge in [-0.3, -0.25) is 10.00 Å². The lowest BCUT2D eigenvalue weighted by Crippen LogP contribution is -2.34. The van der Waals surface area contributed by atoms with Crippen LogP contribution in [-0.2, 0) is 6.54 Å². The lowest BCUT2D eigenvalue weighted by molar-refractivity contribution is 0.0696. The van der Waals surface area contributed by atoms with Crippen molar-refractivity contribution in [2.75, 3.05) is 13.1 Å². The maximum Gasteiger partial charge on any atom is 0.335 e. The Labute approximate surface area is 122 Å². The van der Waals surface area contributed by atoms with Crippen molar-refractivity contribution in [1.82, 2.24) is 20.1 Å². The maximum atomic E-state index is 11.0. The number of aromatic nitrogens is 3. The highest BCUT2D eigenvalue weighted by Gasteiger charge is 2.23. The van der Waals surface area contributed by atoms with Gasteiger partial charge in [0.1, 0.15) is 12.2 Å². The van der Waals surface area contributed by atoms with E-state index in [2.05, 4.69) is 20.1 Å². The van der Waals surface area contributed by atoms with Crippen LogP contribution in [0.15, 0.2) is 30.6 Å². The van der Waals surface area contributed by atoms with E-state index in [1.807, 2.05) is 6.07 Å². The molecule has 1 atom stereocenters. The van der Waals surface area contributed by atoms with E-state index in [1.165, 1.54) is 0 Å². The van der Waals surface area contributed by atoms with Crippen LogP contribution < -0.4 is 0 Å². The molecular formula is C15H18N4O2. The summed E-state index contributed by atoms with van der Waals surface area (Å²) in [5, 5.41) is 15.9. The summed E-state index contributed by atoms with van der Waals surface area (Å²) in [5.74, 6) is 0.443. The minimum atomic E-state index is -0.880. The van der Waals surface area contributed by atoms with Crippen molar-refractivity contribution >= 4 is 5.97 Å². The van der Waals surface area contributed by atoms with Crippen molar-refractivity contribution in [3.63, 3.8) is 0 Å². The quantitative estimate of drug-likeness (QED) is 0.896. The summed E-state index contributed by atoms with van der Waals surface area (Å²) in [6.45, 7) is 2.72. The number of rotatable bonds is 4. The second-order valence-corrected chi connectivity index (χ2v) is 5.45. The summed E-state index contributed by atoms with van der Waals surface area (Å²) in [6, 6.07) is 7.15. The molecular weight excluding hydrogens is 268 g/mol. The Morgan fingerprint density at radius 3 is 3.14 bits per heavy atom. The van der Waals surface area contributed by atoms with Crippen LogP contribution in [0.5, 0.6) is 0 Å². The third kappa shape index (κ3) is 3.28. The smallest absolute Gasteiger partial charge is 0.335 e. The fourth-order valence-corrected chi connectivity index (χ4v) is 2.89. The Balaban J connectivity index is 1.67. The van der Waals surface area contributed by atoms with Gasteiger partial charge in [-0.15, -0.1) is 0 Å². The highest BCUT2D eigenvalue weighted by atomic mass is 16.4. The Hall–Kier alpha value is -2.21. The number of hydrogen-bond donors (Lipinski definition) is 2. The van der Waals surface area contributed by atoms with Gasteiger partial charge in [0.2, 0.25) is 0 Å². The molecule has 1 saturated heterocycles. The summed E-state index contributed by atoms with van der Waals surface area (Å²) in [5.41, 5.74) is 1.38. The molecule has 0 saturated carbocycles. The molecule has 6 heteroatoms. The van der Waals surface area contributed by atoms with Crippen molar-refractivity contribution in [2.45, 2.75) is 25.3 Å². The molecule has 2 N–H and O–H groups in total. The van der Waals surface area contributed by atoms with Crippen molar-refractivity contribution in [1.29, 1.82) is 0 Å². The lowest BCUT2D eigenvalue weighted by atomic mass is 9.97. The largest absolute Gasteiger partial charge is 0.478 e. The summed E-state index contributed by atoms with van der Waals surface area (Å²) in [7, 11) is 0. The molecule has 21 heavy (non-hydrogen) atoms. The first kappa shape index (κ1) is 13.8. The number of nitrogens with one attached hydrogen (secondary N) is 1. The number of H-pyrrole nitrogens is 1. The average molecular weight is 286 g/mol. The molecule has 1 aromatic heterocycles. The van der Waals surface area contributed by atoms with Gasteiger partial charge in [-0.1, -0.05) is 12.1 Å². The number of carbonyl (C=O) groups is 1. The Morgan fingerprint density at radius 1 is 1.48 bits per heavy atom. The van der Waals surface area contributed by atoms with Gasteiger partial charge in [0.05, 0.1) is 5.56 Å². The van der Waals surface area contributed by atoms with Crippen LogP contribution >= 0.6 is 0 Å². The van der Waals surface area contributed by atoms with E-state index in [0.29, 0.717) is 11.5 Å². The highest BCUT2D eigenvalue weighted by Crippen LogP contribution is 2.25. The van der Waals surface area contributed by atoms with E-state index in [-0.39, 0.29) is 0 Å². The molecule has 1 aliphatic heterocycles. The number of benzene rings is 1. The van der Waals surface area contributed by atoms with Crippen molar-refractivity contribution < 1.29 is 9.90 Å². The molecule has 1 aliphatic rings. The van der Waals surface area contributed by atoms with Gasteiger partial charge in [-0.25, -0.2) is 9.78 Å². The standard InChI is InChI=1S/C15H18N4O2/c20-15(21)12-4-1-3-11(7-12)8-19-6-2-5-13(9-19)14-16-10-17-18-14/h1,3-4,7,10,13H,2,5-6,8-9H2,(H,20,21)(H,16,17,18)/t13-/m1/s1. The Bertz CT molecular complexity index is 612. The average Bonchev–Trinajstić information content (AvgIpc) is 3.02. The highest BCUT2D eigenvalue weighted by molar-refractivity contribution is 5.87. The predicted molar refractivity (Wildman–Crippen MR) is 77.0 cm³/mol. The summed E-state index contributed by atoms with van der Waals surface area (Å²) in [4.78, 5) is 17.6.